The summed E-state index contributed by atoms with van der Waals surface area (Å²) in [6.45, 7) is 8.50. The lowest BCUT2D eigenvalue weighted by Gasteiger charge is -2.19. The van der Waals surface area contributed by atoms with Crippen molar-refractivity contribution in [3.05, 3.63) is 59.9 Å². The molecule has 3 aromatic rings. The number of H-pyrrole nitrogens is 1. The van der Waals surface area contributed by atoms with Gasteiger partial charge in [0.15, 0.2) is 0 Å². The van der Waals surface area contributed by atoms with Crippen LogP contribution in [0.15, 0.2) is 48.5 Å². The second kappa shape index (κ2) is 9.51. The number of imidazole rings is 1. The van der Waals surface area contributed by atoms with Crippen molar-refractivity contribution < 1.29 is 7.65 Å². The summed E-state index contributed by atoms with van der Waals surface area (Å²) in [5.74, 6) is 0.876. The fraction of sp³-hybridized carbons (Fsp3) is 0.391. The Morgan fingerprint density at radius 1 is 1.25 bits per heavy atom. The number of hydrogen-bond acceptors (Lipinski definition) is 3. The van der Waals surface area contributed by atoms with Crippen LogP contribution in [0.3, 0.4) is 0 Å². The molecule has 1 fully saturated rings. The average Bonchev–Trinajstić information content (AvgIpc) is 3.28. The lowest BCUT2D eigenvalue weighted by Crippen LogP contribution is -2.26. The fourth-order valence-electron chi connectivity index (χ4n) is 3.43. The molecule has 1 aliphatic rings. The molecule has 2 N–H and O–H groups in total. The topological polar surface area (TPSA) is 61.0 Å². The van der Waals surface area contributed by atoms with E-state index in [4.69, 9.17) is 0 Å². The summed E-state index contributed by atoms with van der Waals surface area (Å²) in [7, 11) is 0. The van der Waals surface area contributed by atoms with Crippen LogP contribution in [0.4, 0.5) is 5.69 Å². The Morgan fingerprint density at radius 3 is 2.68 bits per heavy atom. The van der Waals surface area contributed by atoms with Gasteiger partial charge in [0.25, 0.3) is 5.91 Å². The van der Waals surface area contributed by atoms with Gasteiger partial charge < -0.3 is 10.3 Å². The van der Waals surface area contributed by atoms with Crippen LogP contribution >= 0.6 is 0 Å². The van der Waals surface area contributed by atoms with E-state index in [9.17, 15) is 4.79 Å². The van der Waals surface area contributed by atoms with Gasteiger partial charge in [-0.2, -0.15) is 0 Å². The van der Waals surface area contributed by atoms with Crippen LogP contribution in [-0.2, 0) is 6.54 Å². The smallest absolute Gasteiger partial charge is 0.255 e. The molecule has 0 spiro atoms. The minimum Gasteiger partial charge on any atom is -0.341 e. The lowest BCUT2D eigenvalue weighted by atomic mass is 10.2. The van der Waals surface area contributed by atoms with Crippen molar-refractivity contribution >= 4 is 22.6 Å². The van der Waals surface area contributed by atoms with Crippen molar-refractivity contribution in [3.63, 3.8) is 0 Å². The first-order valence-electron chi connectivity index (χ1n) is 10.2. The Kier molecular flexibility index (Phi) is 6.82. The van der Waals surface area contributed by atoms with E-state index in [1.54, 1.807) is 12.1 Å². The molecule has 1 aromatic heterocycles. The molecule has 1 unspecified atom stereocenters. The third kappa shape index (κ3) is 4.98. The van der Waals surface area contributed by atoms with E-state index >= 15 is 0 Å². The molecule has 0 saturated carbocycles. The van der Waals surface area contributed by atoms with E-state index in [1.807, 2.05) is 36.4 Å². The highest BCUT2D eigenvalue weighted by atomic mass is 16.1. The van der Waals surface area contributed by atoms with Crippen LogP contribution in [-0.4, -0.2) is 33.4 Å². The number of carbonyl (C=O) groups is 1. The van der Waals surface area contributed by atoms with Gasteiger partial charge in [0.1, 0.15) is 5.82 Å². The van der Waals surface area contributed by atoms with E-state index in [0.717, 1.165) is 35.6 Å². The van der Waals surface area contributed by atoms with Crippen molar-refractivity contribution in [1.82, 2.24) is 14.9 Å². The minimum atomic E-state index is -0.106. The van der Waals surface area contributed by atoms with Gasteiger partial charge in [0.2, 0.25) is 0 Å². The van der Waals surface area contributed by atoms with Gasteiger partial charge in [-0.1, -0.05) is 38.5 Å². The number of hydrogen-bond donors (Lipinski definition) is 2. The number of carbonyl (C=O) groups excluding carboxylic acids is 1. The summed E-state index contributed by atoms with van der Waals surface area (Å²) in [4.78, 5) is 22.8. The normalized spacial score (nSPS) is 16.6. The van der Waals surface area contributed by atoms with Crippen LogP contribution < -0.4 is 5.32 Å². The number of nitrogens with zero attached hydrogens (tertiary/aromatic N) is 2. The van der Waals surface area contributed by atoms with E-state index in [-0.39, 0.29) is 8.76 Å². The minimum absolute atomic E-state index is 0. The number of fused-ring (bicyclic) bond motifs is 1. The molecular weight excluding hydrogens is 348 g/mol. The van der Waals surface area contributed by atoms with Crippen LogP contribution in [0.2, 0.25) is 0 Å². The number of aromatic nitrogens is 2. The monoisotopic (exact) mass is 382 g/mol. The Balaban J connectivity index is 0.000000851. The highest BCUT2D eigenvalue weighted by Crippen LogP contribution is 2.22. The predicted octanol–water partition coefficient (Wildman–Crippen LogP) is 5.71. The summed E-state index contributed by atoms with van der Waals surface area (Å²) >= 11 is 0. The number of benzene rings is 2. The SMILES string of the molecule is CC1CCCN1Cc1nc2ccc(NC(=O)c3ccccc3)cc2[nH]1.CCC.[HH].[HH]. The number of anilines is 1. The molecule has 1 atom stereocenters. The molecule has 0 aliphatic carbocycles. The Morgan fingerprint density at radius 2 is 2.00 bits per heavy atom. The molecule has 1 saturated heterocycles. The highest BCUT2D eigenvalue weighted by molar-refractivity contribution is 6.04. The summed E-state index contributed by atoms with van der Waals surface area (Å²) in [5, 5.41) is 2.94. The first-order valence-corrected chi connectivity index (χ1v) is 10.2. The number of amides is 1. The van der Waals surface area contributed by atoms with E-state index < -0.39 is 0 Å². The van der Waals surface area contributed by atoms with Crippen molar-refractivity contribution in [2.75, 3.05) is 11.9 Å². The largest absolute Gasteiger partial charge is 0.341 e. The standard InChI is InChI=1S/C20H22N4O.C3H8.2H2/c1-14-6-5-11-24(14)13-19-22-17-10-9-16(12-18(17)23-19)21-20(25)15-7-3-2-4-8-15;1-3-2;;/h2-4,7-10,12,14H,5-6,11,13H2,1H3,(H,21,25)(H,22,23);3H2,1-2H3;2*1H. The summed E-state index contributed by atoms with van der Waals surface area (Å²) in [6.07, 6.45) is 3.77. The molecule has 5 nitrogen and oxygen atoms in total. The van der Waals surface area contributed by atoms with Gasteiger partial charge in [-0.3, -0.25) is 9.69 Å². The van der Waals surface area contributed by atoms with E-state index in [2.05, 4.69) is 41.0 Å². The van der Waals surface area contributed by atoms with E-state index in [0.29, 0.717) is 11.6 Å². The Hall–Kier alpha value is -2.66. The van der Waals surface area contributed by atoms with Crippen LogP contribution in [0.25, 0.3) is 11.0 Å². The van der Waals surface area contributed by atoms with E-state index in [1.165, 1.54) is 19.3 Å². The van der Waals surface area contributed by atoms with Crippen molar-refractivity contribution in [1.29, 1.82) is 0 Å². The maximum absolute atomic E-state index is 12.3. The van der Waals surface area contributed by atoms with Gasteiger partial charge in [0.05, 0.1) is 17.6 Å². The van der Waals surface area contributed by atoms with Gasteiger partial charge >= 0.3 is 0 Å². The van der Waals surface area contributed by atoms with Gasteiger partial charge in [-0.25, -0.2) is 4.98 Å². The van der Waals surface area contributed by atoms with Gasteiger partial charge in [-0.15, -0.1) is 0 Å². The third-order valence-corrected chi connectivity index (χ3v) is 4.87. The number of rotatable bonds is 4. The molecule has 28 heavy (non-hydrogen) atoms. The lowest BCUT2D eigenvalue weighted by molar-refractivity contribution is 0.102. The quantitative estimate of drug-likeness (QED) is 0.608. The molecule has 0 radical (unpaired) electrons. The predicted molar refractivity (Wildman–Crippen MR) is 120 cm³/mol. The number of aromatic amines is 1. The molecule has 5 heteroatoms. The first kappa shape index (κ1) is 20.1. The summed E-state index contributed by atoms with van der Waals surface area (Å²) in [6, 6.07) is 15.6. The molecule has 2 aromatic carbocycles. The Bertz CT molecular complexity index is 914. The molecule has 152 valence electrons. The van der Waals surface area contributed by atoms with Gasteiger partial charge in [0, 0.05) is 20.1 Å². The van der Waals surface area contributed by atoms with Crippen LogP contribution in [0.5, 0.6) is 0 Å². The first-order chi connectivity index (χ1) is 13.6. The zero-order chi connectivity index (χ0) is 19.9. The number of likely N-dealkylation sites (tertiary alicyclic amines) is 1. The van der Waals surface area contributed by atoms with Crippen molar-refractivity contribution in [2.45, 2.75) is 52.6 Å². The Labute approximate surface area is 170 Å². The molecule has 1 aliphatic heterocycles. The van der Waals surface area contributed by atoms with Gasteiger partial charge in [-0.05, 0) is 56.6 Å². The molecule has 4 rings (SSSR count). The molecule has 0 bridgehead atoms. The fourth-order valence-corrected chi connectivity index (χ4v) is 3.43. The highest BCUT2D eigenvalue weighted by Gasteiger charge is 2.21. The maximum atomic E-state index is 12.3. The molecular formula is C23H34N4O. The van der Waals surface area contributed by atoms with Crippen molar-refractivity contribution in [3.8, 4) is 0 Å². The zero-order valence-corrected chi connectivity index (χ0v) is 17.0. The zero-order valence-electron chi connectivity index (χ0n) is 17.0. The molecule has 2 heterocycles. The number of nitrogens with one attached hydrogen (secondary N) is 2. The molecule has 1 amide bonds. The van der Waals surface area contributed by atoms with Crippen molar-refractivity contribution in [2.24, 2.45) is 0 Å². The maximum Gasteiger partial charge on any atom is 0.255 e. The second-order valence-corrected chi connectivity index (χ2v) is 7.40. The second-order valence-electron chi connectivity index (χ2n) is 7.40. The summed E-state index contributed by atoms with van der Waals surface area (Å²) in [5.41, 5.74) is 3.30. The third-order valence-electron chi connectivity index (χ3n) is 4.87. The van der Waals surface area contributed by atoms with Crippen LogP contribution in [0, 0.1) is 0 Å². The summed E-state index contributed by atoms with van der Waals surface area (Å²) < 4.78 is 0. The average molecular weight is 383 g/mol. The van der Waals surface area contributed by atoms with Crippen LogP contribution in [0.1, 0.15) is 59.1 Å².